The highest BCUT2D eigenvalue weighted by atomic mass is 79.9. The smallest absolute Gasteiger partial charge is 0.266 e. The fourth-order valence-electron chi connectivity index (χ4n) is 1.30. The van der Waals surface area contributed by atoms with Crippen molar-refractivity contribution in [3.05, 3.63) is 20.5 Å². The van der Waals surface area contributed by atoms with E-state index >= 15 is 0 Å². The first-order valence-corrected chi connectivity index (χ1v) is 5.36. The van der Waals surface area contributed by atoms with Crippen molar-refractivity contribution < 1.29 is 0 Å². The Morgan fingerprint density at radius 2 is 2.14 bits per heavy atom. The van der Waals surface area contributed by atoms with Crippen LogP contribution in [0.4, 0.5) is 5.95 Å². The molecule has 0 aliphatic heterocycles. The molecular weight excluding hydrogens is 246 g/mol. The molecule has 14 heavy (non-hydrogen) atoms. The topological polar surface area (TPSA) is 49.0 Å². The molecule has 0 aromatic carbocycles. The van der Waals surface area contributed by atoms with Gasteiger partial charge in [-0.05, 0) is 28.8 Å². The second-order valence-electron chi connectivity index (χ2n) is 3.76. The summed E-state index contributed by atoms with van der Waals surface area (Å²) in [4.78, 5) is 20.5. The van der Waals surface area contributed by atoms with E-state index in [1.54, 1.807) is 4.90 Å². The molecule has 4 nitrogen and oxygen atoms in total. The molecule has 0 radical (unpaired) electrons. The summed E-state index contributed by atoms with van der Waals surface area (Å²) in [7, 11) is 3.73. The lowest BCUT2D eigenvalue weighted by Crippen LogP contribution is -2.20. The quantitative estimate of drug-likeness (QED) is 0.874. The van der Waals surface area contributed by atoms with E-state index in [4.69, 9.17) is 0 Å². The largest absolute Gasteiger partial charge is 0.348 e. The van der Waals surface area contributed by atoms with Crippen LogP contribution in [-0.4, -0.2) is 24.1 Å². The molecule has 0 spiro atoms. The zero-order chi connectivity index (χ0) is 10.3. The van der Waals surface area contributed by atoms with Crippen molar-refractivity contribution in [1.82, 2.24) is 9.97 Å². The van der Waals surface area contributed by atoms with E-state index in [0.717, 1.165) is 18.5 Å². The average molecular weight is 258 g/mol. The minimum atomic E-state index is -0.0920. The van der Waals surface area contributed by atoms with Crippen LogP contribution < -0.4 is 10.5 Å². The predicted molar refractivity (Wildman–Crippen MR) is 58.9 cm³/mol. The molecule has 1 saturated carbocycles. The number of aromatic nitrogens is 2. The lowest BCUT2D eigenvalue weighted by molar-refractivity contribution is 0.906. The number of nitrogens with zero attached hydrogens (tertiary/aromatic N) is 2. The van der Waals surface area contributed by atoms with E-state index in [1.165, 1.54) is 0 Å². The summed E-state index contributed by atoms with van der Waals surface area (Å²) in [6.07, 6.45) is 2.28. The second kappa shape index (κ2) is 3.38. The first-order valence-electron chi connectivity index (χ1n) is 4.56. The van der Waals surface area contributed by atoms with Crippen molar-refractivity contribution >= 4 is 21.9 Å². The first-order chi connectivity index (χ1) is 6.59. The second-order valence-corrected chi connectivity index (χ2v) is 4.55. The molecule has 76 valence electrons. The first kappa shape index (κ1) is 9.71. The van der Waals surface area contributed by atoms with Crippen molar-refractivity contribution in [3.63, 3.8) is 0 Å². The molecule has 1 heterocycles. The zero-order valence-corrected chi connectivity index (χ0v) is 9.76. The fraction of sp³-hybridized carbons (Fsp3) is 0.556. The molecular formula is C9H12BrN3O. The zero-order valence-electron chi connectivity index (χ0n) is 8.17. The van der Waals surface area contributed by atoms with Gasteiger partial charge in [-0.15, -0.1) is 0 Å². The highest BCUT2D eigenvalue weighted by molar-refractivity contribution is 9.10. The highest BCUT2D eigenvalue weighted by Gasteiger charge is 2.29. The number of hydrogen-bond acceptors (Lipinski definition) is 3. The Hall–Kier alpha value is -0.840. The molecule has 0 amide bonds. The Kier molecular flexibility index (Phi) is 2.34. The predicted octanol–water partition coefficient (Wildman–Crippen LogP) is 1.48. The summed E-state index contributed by atoms with van der Waals surface area (Å²) in [6.45, 7) is 0. The Morgan fingerprint density at radius 3 is 2.64 bits per heavy atom. The Balaban J connectivity index is 2.52. The van der Waals surface area contributed by atoms with Gasteiger partial charge >= 0.3 is 0 Å². The van der Waals surface area contributed by atoms with E-state index in [1.807, 2.05) is 14.1 Å². The molecule has 1 aliphatic carbocycles. The monoisotopic (exact) mass is 257 g/mol. The van der Waals surface area contributed by atoms with Gasteiger partial charge in [0.25, 0.3) is 5.56 Å². The number of hydrogen-bond donors (Lipinski definition) is 1. The third-order valence-corrected chi connectivity index (χ3v) is 3.03. The summed E-state index contributed by atoms with van der Waals surface area (Å²) < 4.78 is 0.589. The minimum Gasteiger partial charge on any atom is -0.348 e. The fourth-order valence-corrected chi connectivity index (χ4v) is 1.81. The minimum absolute atomic E-state index is 0.0920. The van der Waals surface area contributed by atoms with Gasteiger partial charge in [0.05, 0.1) is 5.69 Å². The molecule has 1 aromatic rings. The molecule has 0 bridgehead atoms. The normalized spacial score (nSPS) is 15.6. The van der Waals surface area contributed by atoms with Gasteiger partial charge in [0.2, 0.25) is 5.95 Å². The third kappa shape index (κ3) is 1.68. The number of rotatable bonds is 2. The van der Waals surface area contributed by atoms with Crippen LogP contribution in [-0.2, 0) is 0 Å². The molecule has 1 N–H and O–H groups in total. The highest BCUT2D eigenvalue weighted by Crippen LogP contribution is 2.41. The van der Waals surface area contributed by atoms with Crippen LogP contribution in [0.3, 0.4) is 0 Å². The van der Waals surface area contributed by atoms with E-state index in [0.29, 0.717) is 16.3 Å². The number of aromatic amines is 1. The maximum Gasteiger partial charge on any atom is 0.266 e. The van der Waals surface area contributed by atoms with Gasteiger partial charge in [0.15, 0.2) is 0 Å². The summed E-state index contributed by atoms with van der Waals surface area (Å²) >= 11 is 3.28. The number of halogens is 1. The van der Waals surface area contributed by atoms with Gasteiger partial charge in [-0.2, -0.15) is 0 Å². The van der Waals surface area contributed by atoms with Crippen LogP contribution in [0.25, 0.3) is 0 Å². The Morgan fingerprint density at radius 1 is 1.50 bits per heavy atom. The van der Waals surface area contributed by atoms with Crippen LogP contribution in [0.15, 0.2) is 9.27 Å². The van der Waals surface area contributed by atoms with Crippen molar-refractivity contribution in [2.75, 3.05) is 19.0 Å². The van der Waals surface area contributed by atoms with Gasteiger partial charge in [0.1, 0.15) is 4.47 Å². The molecule has 0 saturated heterocycles. The van der Waals surface area contributed by atoms with E-state index in [2.05, 4.69) is 25.9 Å². The lowest BCUT2D eigenvalue weighted by atomic mass is 10.3. The molecule has 2 rings (SSSR count). The van der Waals surface area contributed by atoms with Crippen LogP contribution in [0.5, 0.6) is 0 Å². The van der Waals surface area contributed by atoms with Gasteiger partial charge in [0, 0.05) is 20.0 Å². The Labute approximate surface area is 90.5 Å². The van der Waals surface area contributed by atoms with E-state index in [9.17, 15) is 4.79 Å². The third-order valence-electron chi connectivity index (χ3n) is 2.26. The van der Waals surface area contributed by atoms with Crippen molar-refractivity contribution in [2.24, 2.45) is 0 Å². The number of H-pyrrole nitrogens is 1. The summed E-state index contributed by atoms with van der Waals surface area (Å²) in [5.74, 6) is 1.10. The van der Waals surface area contributed by atoms with Crippen LogP contribution in [0.2, 0.25) is 0 Å². The number of nitrogens with one attached hydrogen (secondary N) is 1. The van der Waals surface area contributed by atoms with Crippen molar-refractivity contribution in [2.45, 2.75) is 18.8 Å². The molecule has 5 heteroatoms. The summed E-state index contributed by atoms with van der Waals surface area (Å²) in [5, 5.41) is 0. The summed E-state index contributed by atoms with van der Waals surface area (Å²) in [5.41, 5.74) is 0.808. The van der Waals surface area contributed by atoms with E-state index in [-0.39, 0.29) is 5.56 Å². The van der Waals surface area contributed by atoms with Crippen LogP contribution in [0.1, 0.15) is 24.5 Å². The van der Waals surface area contributed by atoms with Crippen LogP contribution in [0, 0.1) is 0 Å². The van der Waals surface area contributed by atoms with Gasteiger partial charge in [-0.3, -0.25) is 9.78 Å². The molecule has 1 aromatic heterocycles. The van der Waals surface area contributed by atoms with Crippen LogP contribution >= 0.6 is 15.9 Å². The van der Waals surface area contributed by atoms with Gasteiger partial charge in [-0.25, -0.2) is 4.98 Å². The van der Waals surface area contributed by atoms with Gasteiger partial charge < -0.3 is 4.90 Å². The Bertz CT molecular complexity index is 409. The number of anilines is 1. The van der Waals surface area contributed by atoms with Gasteiger partial charge in [-0.1, -0.05) is 0 Å². The van der Waals surface area contributed by atoms with Crippen molar-refractivity contribution in [1.29, 1.82) is 0 Å². The maximum absolute atomic E-state index is 11.5. The summed E-state index contributed by atoms with van der Waals surface area (Å²) in [6, 6.07) is 0. The molecule has 0 unspecified atom stereocenters. The van der Waals surface area contributed by atoms with Crippen molar-refractivity contribution in [3.8, 4) is 0 Å². The molecule has 0 atom stereocenters. The standard InChI is InChI=1S/C9H12BrN3O/c1-13(2)9-11-7(5-3-4-5)6(10)8(14)12-9/h5H,3-4H2,1-2H3,(H,11,12,14). The SMILES string of the molecule is CN(C)c1nc(C2CC2)c(Br)c(=O)[nH]1. The molecule has 1 fully saturated rings. The molecule has 1 aliphatic rings. The average Bonchev–Trinajstić information content (AvgIpc) is 2.92. The maximum atomic E-state index is 11.5. The van der Waals surface area contributed by atoms with E-state index < -0.39 is 0 Å². The lowest BCUT2D eigenvalue weighted by Gasteiger charge is -2.12.